The second-order valence-electron chi connectivity index (χ2n) is 3.78. The summed E-state index contributed by atoms with van der Waals surface area (Å²) in [4.78, 5) is 0. The topological polar surface area (TPSA) is 0 Å². The predicted octanol–water partition coefficient (Wildman–Crippen LogP) is 3.68. The third-order valence-corrected chi connectivity index (χ3v) is 2.92. The third-order valence-electron chi connectivity index (χ3n) is 2.92. The summed E-state index contributed by atoms with van der Waals surface area (Å²) in [6, 6.07) is 8.63. The molecule has 1 fully saturated rings. The van der Waals surface area contributed by atoms with Crippen LogP contribution in [-0.4, -0.2) is 0 Å². The van der Waals surface area contributed by atoms with Crippen LogP contribution >= 0.6 is 0 Å². The third kappa shape index (κ3) is 1.82. The quantitative estimate of drug-likeness (QED) is 0.636. The summed E-state index contributed by atoms with van der Waals surface area (Å²) in [7, 11) is 0. The van der Waals surface area contributed by atoms with Gasteiger partial charge in [0.05, 0.1) is 0 Å². The molecule has 0 saturated heterocycles. The molecule has 0 heteroatoms. The average Bonchev–Trinajstić information content (AvgIpc) is 2.71. The van der Waals surface area contributed by atoms with Crippen LogP contribution in [0.3, 0.4) is 0 Å². The van der Waals surface area contributed by atoms with E-state index in [0.717, 1.165) is 11.5 Å². The van der Waals surface area contributed by atoms with E-state index >= 15 is 0 Å². The van der Waals surface area contributed by atoms with E-state index in [1.54, 1.807) is 0 Å². The summed E-state index contributed by atoms with van der Waals surface area (Å²) >= 11 is 0. The van der Waals surface area contributed by atoms with Crippen LogP contribution in [0.2, 0.25) is 0 Å². The van der Waals surface area contributed by atoms with Gasteiger partial charge >= 0.3 is 0 Å². The molecule has 2 rings (SSSR count). The van der Waals surface area contributed by atoms with Crippen LogP contribution in [0.25, 0.3) is 0 Å². The zero-order valence-corrected chi connectivity index (χ0v) is 7.92. The second kappa shape index (κ2) is 3.78. The smallest absolute Gasteiger partial charge is 0.0162 e. The van der Waals surface area contributed by atoms with Crippen LogP contribution in [-0.2, 0) is 0 Å². The molecule has 67 valence electrons. The Balaban J connectivity index is 2.23. The Labute approximate surface area is 80.3 Å². The molecule has 1 radical (unpaired) electrons. The molecule has 1 saturated carbocycles. The molecule has 0 spiro atoms. The van der Waals surface area contributed by atoms with Crippen LogP contribution < -0.4 is 0 Å². The van der Waals surface area contributed by atoms with Crippen molar-refractivity contribution in [3.05, 3.63) is 48.0 Å². The summed E-state index contributed by atoms with van der Waals surface area (Å²) in [6.07, 6.45) is 8.46. The largest absolute Gasteiger partial charge is 0.0906 e. The summed E-state index contributed by atoms with van der Waals surface area (Å²) in [5.41, 5.74) is 2.61. The van der Waals surface area contributed by atoms with Gasteiger partial charge in [-0.25, -0.2) is 0 Å². The Morgan fingerprint density at radius 1 is 1.23 bits per heavy atom. The first-order valence-corrected chi connectivity index (χ1v) is 5.03. The zero-order chi connectivity index (χ0) is 9.10. The normalized spacial score (nSPS) is 17.5. The van der Waals surface area contributed by atoms with E-state index in [2.05, 4.69) is 36.9 Å². The highest BCUT2D eigenvalue weighted by atomic mass is 14.2. The molecule has 1 aliphatic carbocycles. The molecule has 0 aromatic heterocycles. The van der Waals surface area contributed by atoms with Crippen molar-refractivity contribution in [3.8, 4) is 0 Å². The van der Waals surface area contributed by atoms with Gasteiger partial charge in [0.25, 0.3) is 0 Å². The Morgan fingerprint density at radius 3 is 2.69 bits per heavy atom. The number of rotatable bonds is 2. The molecule has 0 bridgehead atoms. The van der Waals surface area contributed by atoms with Gasteiger partial charge in [-0.15, -0.1) is 0 Å². The van der Waals surface area contributed by atoms with Crippen molar-refractivity contribution in [2.45, 2.75) is 31.6 Å². The van der Waals surface area contributed by atoms with Crippen LogP contribution in [0.4, 0.5) is 0 Å². The van der Waals surface area contributed by atoms with Crippen LogP contribution in [0.1, 0.15) is 42.7 Å². The van der Waals surface area contributed by atoms with Crippen molar-refractivity contribution in [3.63, 3.8) is 0 Å². The lowest BCUT2D eigenvalue weighted by atomic mass is 9.96. The standard InChI is InChI=1S/C13H15/c1-2-11-6-5-9-13(10-11)12-7-3-4-8-12/h5-6,9-10,12H,1,3-4,7-8H2. The van der Waals surface area contributed by atoms with Gasteiger partial charge in [0.2, 0.25) is 0 Å². The number of benzene rings is 1. The van der Waals surface area contributed by atoms with E-state index < -0.39 is 0 Å². The monoisotopic (exact) mass is 171 g/mol. The highest BCUT2D eigenvalue weighted by Crippen LogP contribution is 2.34. The van der Waals surface area contributed by atoms with Gasteiger partial charge in [-0.3, -0.25) is 0 Å². The molecule has 1 aliphatic rings. The Hall–Kier alpha value is -1.04. The van der Waals surface area contributed by atoms with E-state index in [-0.39, 0.29) is 0 Å². The van der Waals surface area contributed by atoms with Crippen LogP contribution in [0.15, 0.2) is 30.8 Å². The molecule has 1 aromatic carbocycles. The average molecular weight is 171 g/mol. The van der Waals surface area contributed by atoms with E-state index in [9.17, 15) is 0 Å². The molecule has 0 heterocycles. The molecule has 13 heavy (non-hydrogen) atoms. The predicted molar refractivity (Wildman–Crippen MR) is 55.6 cm³/mol. The molecule has 0 unspecified atom stereocenters. The van der Waals surface area contributed by atoms with Gasteiger partial charge in [0.1, 0.15) is 0 Å². The molecule has 0 aliphatic heterocycles. The first-order chi connectivity index (χ1) is 6.40. The Kier molecular flexibility index (Phi) is 2.49. The van der Waals surface area contributed by atoms with Crippen molar-refractivity contribution in [1.82, 2.24) is 0 Å². The minimum atomic E-state index is 0.799. The SMILES string of the molecule is C=[C]c1cccc(C2CCCC2)c1. The maximum atomic E-state index is 3.67. The van der Waals surface area contributed by atoms with Crippen molar-refractivity contribution in [2.75, 3.05) is 0 Å². The Bertz CT molecular complexity index is 293. The van der Waals surface area contributed by atoms with E-state index in [0.29, 0.717) is 0 Å². The lowest BCUT2D eigenvalue weighted by Crippen LogP contribution is -1.91. The van der Waals surface area contributed by atoms with E-state index in [1.807, 2.05) is 0 Å². The molecule has 0 N–H and O–H groups in total. The molecule has 1 aromatic rings. The summed E-state index contributed by atoms with van der Waals surface area (Å²) in [5.74, 6) is 0.799. The maximum Gasteiger partial charge on any atom is -0.0162 e. The second-order valence-corrected chi connectivity index (χ2v) is 3.78. The highest BCUT2D eigenvalue weighted by molar-refractivity contribution is 5.30. The van der Waals surface area contributed by atoms with Gasteiger partial charge in [-0.05, 0) is 36.0 Å². The maximum absolute atomic E-state index is 3.67. The first kappa shape index (κ1) is 8.55. The van der Waals surface area contributed by atoms with E-state index in [4.69, 9.17) is 0 Å². The van der Waals surface area contributed by atoms with Crippen LogP contribution in [0, 0.1) is 6.08 Å². The zero-order valence-electron chi connectivity index (χ0n) is 7.92. The van der Waals surface area contributed by atoms with Crippen molar-refractivity contribution in [2.24, 2.45) is 0 Å². The van der Waals surface area contributed by atoms with Crippen molar-refractivity contribution < 1.29 is 0 Å². The fourth-order valence-corrected chi connectivity index (χ4v) is 2.16. The lowest BCUT2D eigenvalue weighted by Gasteiger charge is -2.09. The minimum Gasteiger partial charge on any atom is -0.0906 e. The molecular weight excluding hydrogens is 156 g/mol. The van der Waals surface area contributed by atoms with Gasteiger partial charge in [-0.1, -0.05) is 43.7 Å². The summed E-state index contributed by atoms with van der Waals surface area (Å²) in [5, 5.41) is 0. The fraction of sp³-hybridized carbons (Fsp3) is 0.385. The van der Waals surface area contributed by atoms with Gasteiger partial charge in [0, 0.05) is 0 Å². The number of hydrogen-bond donors (Lipinski definition) is 0. The number of hydrogen-bond acceptors (Lipinski definition) is 0. The highest BCUT2D eigenvalue weighted by Gasteiger charge is 2.16. The summed E-state index contributed by atoms with van der Waals surface area (Å²) < 4.78 is 0. The lowest BCUT2D eigenvalue weighted by molar-refractivity contribution is 0.723. The first-order valence-electron chi connectivity index (χ1n) is 5.03. The van der Waals surface area contributed by atoms with Crippen molar-refractivity contribution >= 4 is 0 Å². The van der Waals surface area contributed by atoms with Gasteiger partial charge in [-0.2, -0.15) is 0 Å². The molecule has 0 amide bonds. The van der Waals surface area contributed by atoms with Crippen LogP contribution in [0.5, 0.6) is 0 Å². The summed E-state index contributed by atoms with van der Waals surface area (Å²) in [6.45, 7) is 3.67. The molecular formula is C13H15. The van der Waals surface area contributed by atoms with Gasteiger partial charge < -0.3 is 0 Å². The fourth-order valence-electron chi connectivity index (χ4n) is 2.16. The van der Waals surface area contributed by atoms with E-state index in [1.165, 1.54) is 31.2 Å². The van der Waals surface area contributed by atoms with Gasteiger partial charge in [0.15, 0.2) is 0 Å². The minimum absolute atomic E-state index is 0.799. The molecule has 0 atom stereocenters. The Morgan fingerprint density at radius 2 is 2.00 bits per heavy atom. The van der Waals surface area contributed by atoms with Crippen molar-refractivity contribution in [1.29, 1.82) is 0 Å². The molecule has 0 nitrogen and oxygen atoms in total.